The number of Topliss-reactive ketones (excluding diaryl/α,β-unsaturated/α-hetero) is 1. The van der Waals surface area contributed by atoms with Crippen molar-refractivity contribution in [3.63, 3.8) is 0 Å². The number of piperazine rings is 1. The molecule has 2 aliphatic rings. The quantitative estimate of drug-likeness (QED) is 0.351. The summed E-state index contributed by atoms with van der Waals surface area (Å²) in [4.78, 5) is 35.2. The third kappa shape index (κ3) is 5.85. The third-order valence-corrected chi connectivity index (χ3v) is 6.89. The summed E-state index contributed by atoms with van der Waals surface area (Å²) in [5.74, 6) is 5.61. The van der Waals surface area contributed by atoms with Crippen LogP contribution in [0.2, 0.25) is 0 Å². The maximum atomic E-state index is 14.6. The maximum absolute atomic E-state index is 14.6. The molecular formula is C28H31FN6O3. The molecule has 4 heterocycles. The molecule has 38 heavy (non-hydrogen) atoms. The van der Waals surface area contributed by atoms with E-state index in [-0.39, 0.29) is 30.3 Å². The molecule has 5 rings (SSSR count). The minimum absolute atomic E-state index is 0.00314. The van der Waals surface area contributed by atoms with Gasteiger partial charge in [-0.3, -0.25) is 14.5 Å². The van der Waals surface area contributed by atoms with Crippen LogP contribution in [0.4, 0.5) is 10.2 Å². The lowest BCUT2D eigenvalue weighted by molar-refractivity contribution is -0.134. The number of ether oxygens (including phenoxy) is 1. The largest absolute Gasteiger partial charge is 0.378 e. The molecule has 2 saturated heterocycles. The smallest absolute Gasteiger partial charge is 0.223 e. The van der Waals surface area contributed by atoms with Crippen LogP contribution in [0.25, 0.3) is 16.9 Å². The minimum atomic E-state index is -0.359. The van der Waals surface area contributed by atoms with E-state index >= 15 is 0 Å². The lowest BCUT2D eigenvalue weighted by atomic mass is 10.2. The first-order valence-electron chi connectivity index (χ1n) is 12.9. The standard InChI is InChI=1S/C28H31FN6O3/c1-2-5-22(36)8-9-26(37)33-12-10-32(11-13-33)19-21-18-25-28(34-14-16-38-17-15-34)30-27(31-35(25)20-21)23-6-3-4-7-24(23)29/h3-4,6-7,18,20H,8-17,19H2,1H3. The number of halogens is 1. The summed E-state index contributed by atoms with van der Waals surface area (Å²) < 4.78 is 21.9. The van der Waals surface area contributed by atoms with Crippen LogP contribution >= 0.6 is 0 Å². The Kier molecular flexibility index (Phi) is 7.96. The van der Waals surface area contributed by atoms with Crippen molar-refractivity contribution in [3.8, 4) is 23.2 Å². The van der Waals surface area contributed by atoms with Gasteiger partial charge in [-0.05, 0) is 36.6 Å². The number of hydrogen-bond acceptors (Lipinski definition) is 7. The van der Waals surface area contributed by atoms with E-state index < -0.39 is 0 Å². The number of amides is 1. The number of rotatable bonds is 7. The summed E-state index contributed by atoms with van der Waals surface area (Å²) in [6, 6.07) is 8.64. The van der Waals surface area contributed by atoms with Crippen molar-refractivity contribution >= 4 is 23.0 Å². The second kappa shape index (κ2) is 11.7. The molecule has 0 aliphatic carbocycles. The predicted molar refractivity (Wildman–Crippen MR) is 141 cm³/mol. The number of morpholine rings is 1. The fourth-order valence-corrected chi connectivity index (χ4v) is 4.88. The first kappa shape index (κ1) is 25.8. The number of carbonyl (C=O) groups excluding carboxylic acids is 2. The molecule has 2 fully saturated rings. The van der Waals surface area contributed by atoms with E-state index in [2.05, 4.69) is 32.8 Å². The van der Waals surface area contributed by atoms with Crippen LogP contribution in [0.15, 0.2) is 36.5 Å². The van der Waals surface area contributed by atoms with Gasteiger partial charge in [0, 0.05) is 64.9 Å². The van der Waals surface area contributed by atoms with Gasteiger partial charge in [-0.25, -0.2) is 13.9 Å². The second-order valence-corrected chi connectivity index (χ2v) is 9.47. The lowest BCUT2D eigenvalue weighted by Crippen LogP contribution is -2.48. The molecule has 0 bridgehead atoms. The minimum Gasteiger partial charge on any atom is -0.378 e. The van der Waals surface area contributed by atoms with Gasteiger partial charge in [-0.2, -0.15) is 0 Å². The van der Waals surface area contributed by atoms with Crippen molar-refractivity contribution < 1.29 is 18.7 Å². The zero-order valence-electron chi connectivity index (χ0n) is 21.5. The SMILES string of the molecule is CC#CC(=O)CCC(=O)N1CCN(Cc2cc3c(N4CCOCC4)nc(-c4ccccc4F)nn3c2)CC1. The Morgan fingerprint density at radius 2 is 1.82 bits per heavy atom. The van der Waals surface area contributed by atoms with Gasteiger partial charge < -0.3 is 14.5 Å². The van der Waals surface area contributed by atoms with E-state index in [4.69, 9.17) is 9.72 Å². The summed E-state index contributed by atoms with van der Waals surface area (Å²) in [7, 11) is 0. The van der Waals surface area contributed by atoms with Crippen LogP contribution in [0.5, 0.6) is 0 Å². The molecule has 3 aromatic rings. The number of anilines is 1. The first-order valence-corrected chi connectivity index (χ1v) is 12.9. The summed E-state index contributed by atoms with van der Waals surface area (Å²) in [5.41, 5.74) is 2.31. The Balaban J connectivity index is 1.31. The van der Waals surface area contributed by atoms with Crippen molar-refractivity contribution in [2.75, 3.05) is 57.4 Å². The maximum Gasteiger partial charge on any atom is 0.223 e. The van der Waals surface area contributed by atoms with E-state index in [0.717, 1.165) is 30.0 Å². The Labute approximate surface area is 221 Å². The molecule has 0 N–H and O–H groups in total. The fourth-order valence-electron chi connectivity index (χ4n) is 4.88. The Hall–Kier alpha value is -3.81. The van der Waals surface area contributed by atoms with Gasteiger partial charge >= 0.3 is 0 Å². The number of nitrogens with zero attached hydrogens (tertiary/aromatic N) is 6. The topological polar surface area (TPSA) is 83.3 Å². The fraction of sp³-hybridized carbons (Fsp3) is 0.429. The van der Waals surface area contributed by atoms with Gasteiger partial charge in [0.15, 0.2) is 11.6 Å². The Bertz CT molecular complexity index is 1380. The van der Waals surface area contributed by atoms with Crippen molar-refractivity contribution in [2.24, 2.45) is 0 Å². The summed E-state index contributed by atoms with van der Waals surface area (Å²) in [6.45, 7) is 7.67. The van der Waals surface area contributed by atoms with Gasteiger partial charge in [0.05, 0.1) is 18.8 Å². The molecule has 0 unspecified atom stereocenters. The molecule has 0 radical (unpaired) electrons. The van der Waals surface area contributed by atoms with Crippen molar-refractivity contribution in [1.82, 2.24) is 24.4 Å². The number of fused-ring (bicyclic) bond motifs is 1. The summed E-state index contributed by atoms with van der Waals surface area (Å²) in [5, 5.41) is 4.66. The number of ketones is 1. The predicted octanol–water partition coefficient (Wildman–Crippen LogP) is 2.39. The molecule has 0 spiro atoms. The molecule has 1 aromatic carbocycles. The molecule has 2 aliphatic heterocycles. The Morgan fingerprint density at radius 1 is 1.05 bits per heavy atom. The zero-order chi connectivity index (χ0) is 26.5. The van der Waals surface area contributed by atoms with Gasteiger partial charge in [0.25, 0.3) is 0 Å². The number of aromatic nitrogens is 3. The highest BCUT2D eigenvalue weighted by atomic mass is 19.1. The number of hydrogen-bond donors (Lipinski definition) is 0. The highest BCUT2D eigenvalue weighted by Crippen LogP contribution is 2.27. The second-order valence-electron chi connectivity index (χ2n) is 9.47. The third-order valence-electron chi connectivity index (χ3n) is 6.89. The van der Waals surface area contributed by atoms with E-state index in [0.29, 0.717) is 57.3 Å². The average Bonchev–Trinajstić information content (AvgIpc) is 3.35. The molecule has 10 heteroatoms. The molecule has 9 nitrogen and oxygen atoms in total. The molecule has 198 valence electrons. The van der Waals surface area contributed by atoms with E-state index in [9.17, 15) is 14.0 Å². The first-order chi connectivity index (χ1) is 18.5. The molecule has 1 amide bonds. The van der Waals surface area contributed by atoms with Crippen molar-refractivity contribution in [2.45, 2.75) is 26.3 Å². The molecule has 2 aromatic heterocycles. The molecule has 0 atom stereocenters. The van der Waals surface area contributed by atoms with Gasteiger partial charge in [-0.15, -0.1) is 5.10 Å². The van der Waals surface area contributed by atoms with Crippen LogP contribution < -0.4 is 4.90 Å². The van der Waals surface area contributed by atoms with Gasteiger partial charge in [0.2, 0.25) is 11.7 Å². The van der Waals surface area contributed by atoms with E-state index in [1.54, 1.807) is 29.6 Å². The van der Waals surface area contributed by atoms with Gasteiger partial charge in [0.1, 0.15) is 11.3 Å². The highest BCUT2D eigenvalue weighted by Gasteiger charge is 2.24. The number of benzene rings is 1. The van der Waals surface area contributed by atoms with Gasteiger partial charge in [-0.1, -0.05) is 18.1 Å². The summed E-state index contributed by atoms with van der Waals surface area (Å²) in [6.07, 6.45) is 2.34. The molecule has 0 saturated carbocycles. The normalized spacial score (nSPS) is 16.4. The summed E-state index contributed by atoms with van der Waals surface area (Å²) >= 11 is 0. The van der Waals surface area contributed by atoms with Crippen LogP contribution in [-0.4, -0.2) is 88.6 Å². The zero-order valence-corrected chi connectivity index (χ0v) is 21.5. The van der Waals surface area contributed by atoms with Crippen molar-refractivity contribution in [3.05, 3.63) is 47.9 Å². The van der Waals surface area contributed by atoms with E-state index in [1.807, 2.05) is 11.1 Å². The van der Waals surface area contributed by atoms with Crippen molar-refractivity contribution in [1.29, 1.82) is 0 Å². The van der Waals surface area contributed by atoms with Crippen LogP contribution in [0.1, 0.15) is 25.3 Å². The van der Waals surface area contributed by atoms with Crippen LogP contribution in [0.3, 0.4) is 0 Å². The van der Waals surface area contributed by atoms with Crippen LogP contribution in [-0.2, 0) is 20.9 Å². The number of carbonyl (C=O) groups is 2. The molecular weight excluding hydrogens is 487 g/mol. The van der Waals surface area contributed by atoms with Crippen LogP contribution in [0, 0.1) is 17.7 Å². The van der Waals surface area contributed by atoms with E-state index in [1.165, 1.54) is 6.07 Å². The average molecular weight is 519 g/mol. The lowest BCUT2D eigenvalue weighted by Gasteiger charge is -2.34. The highest BCUT2D eigenvalue weighted by molar-refractivity contribution is 5.97. The Morgan fingerprint density at radius 3 is 2.55 bits per heavy atom. The monoisotopic (exact) mass is 518 g/mol.